The molecule has 0 radical (unpaired) electrons. The summed E-state index contributed by atoms with van der Waals surface area (Å²) in [6, 6.07) is 2.45. The standard InChI is InChI=1S/C18H31NO2/c1-11(2)5-17(12(3)4)18(20)21-10-16-8-13-6-14(16)7-15(13)9-19/h11-18,20H,5-8,10H2,1-4H3. The molecule has 2 aliphatic rings. The summed E-state index contributed by atoms with van der Waals surface area (Å²) in [5.74, 6) is 3.30. The first-order chi connectivity index (χ1) is 9.92. The van der Waals surface area contributed by atoms with Gasteiger partial charge in [0.05, 0.1) is 12.7 Å². The van der Waals surface area contributed by atoms with E-state index >= 15 is 0 Å². The highest BCUT2D eigenvalue weighted by atomic mass is 16.6. The van der Waals surface area contributed by atoms with Crippen molar-refractivity contribution in [1.29, 1.82) is 5.26 Å². The highest BCUT2D eigenvalue weighted by Crippen LogP contribution is 2.51. The zero-order valence-corrected chi connectivity index (χ0v) is 14.0. The molecule has 120 valence electrons. The second-order valence-electron chi connectivity index (χ2n) is 7.98. The number of nitriles is 1. The first kappa shape index (κ1) is 16.8. The van der Waals surface area contributed by atoms with Crippen molar-refractivity contribution >= 4 is 0 Å². The Balaban J connectivity index is 1.79. The van der Waals surface area contributed by atoms with Crippen LogP contribution in [0.3, 0.4) is 0 Å². The zero-order chi connectivity index (χ0) is 15.6. The number of hydrogen-bond acceptors (Lipinski definition) is 3. The summed E-state index contributed by atoms with van der Waals surface area (Å²) in [5.41, 5.74) is 0. The third-order valence-corrected chi connectivity index (χ3v) is 5.62. The van der Waals surface area contributed by atoms with Gasteiger partial charge in [-0.05, 0) is 55.3 Å². The number of ether oxygens (including phenoxy) is 1. The van der Waals surface area contributed by atoms with Gasteiger partial charge < -0.3 is 9.84 Å². The molecule has 0 aromatic heterocycles. The van der Waals surface area contributed by atoms with Crippen molar-refractivity contribution in [1.82, 2.24) is 0 Å². The Kier molecular flexibility index (Phi) is 5.68. The van der Waals surface area contributed by atoms with Gasteiger partial charge in [-0.25, -0.2) is 0 Å². The quantitative estimate of drug-likeness (QED) is 0.726. The van der Waals surface area contributed by atoms with E-state index in [4.69, 9.17) is 10.00 Å². The molecular weight excluding hydrogens is 262 g/mol. The van der Waals surface area contributed by atoms with Crippen LogP contribution in [0, 0.1) is 52.8 Å². The molecule has 3 heteroatoms. The van der Waals surface area contributed by atoms with Gasteiger partial charge in [-0.2, -0.15) is 5.26 Å². The molecule has 1 N–H and O–H groups in total. The van der Waals surface area contributed by atoms with Crippen molar-refractivity contribution in [2.75, 3.05) is 6.61 Å². The van der Waals surface area contributed by atoms with Gasteiger partial charge in [0.1, 0.15) is 0 Å². The average molecular weight is 293 g/mol. The maximum Gasteiger partial charge on any atom is 0.157 e. The van der Waals surface area contributed by atoms with E-state index in [-0.39, 0.29) is 11.8 Å². The maximum atomic E-state index is 10.4. The number of fused-ring (bicyclic) bond motifs is 2. The second kappa shape index (κ2) is 7.11. The Bertz CT molecular complexity index is 374. The Labute approximate surface area is 129 Å². The van der Waals surface area contributed by atoms with Crippen LogP contribution in [-0.4, -0.2) is 18.0 Å². The molecule has 21 heavy (non-hydrogen) atoms. The lowest BCUT2D eigenvalue weighted by molar-refractivity contribution is -0.158. The van der Waals surface area contributed by atoms with Gasteiger partial charge in [0.25, 0.3) is 0 Å². The van der Waals surface area contributed by atoms with Crippen molar-refractivity contribution in [3.05, 3.63) is 0 Å². The molecule has 0 amide bonds. The van der Waals surface area contributed by atoms with Crippen molar-refractivity contribution in [3.63, 3.8) is 0 Å². The van der Waals surface area contributed by atoms with E-state index in [0.29, 0.717) is 36.2 Å². The van der Waals surface area contributed by atoms with E-state index in [2.05, 4.69) is 33.8 Å². The monoisotopic (exact) mass is 293 g/mol. The number of aliphatic hydroxyl groups excluding tert-OH is 1. The summed E-state index contributed by atoms with van der Waals surface area (Å²) in [6.45, 7) is 9.38. The third-order valence-electron chi connectivity index (χ3n) is 5.62. The number of hydrogen-bond donors (Lipinski definition) is 1. The Morgan fingerprint density at radius 1 is 1.14 bits per heavy atom. The SMILES string of the molecule is CC(C)CC(C(C)C)C(O)OCC1CC2CC1CC2C#N. The maximum absolute atomic E-state index is 10.4. The van der Waals surface area contributed by atoms with Gasteiger partial charge in [0.15, 0.2) is 6.29 Å². The molecule has 6 atom stereocenters. The lowest BCUT2D eigenvalue weighted by Crippen LogP contribution is -2.32. The summed E-state index contributed by atoms with van der Waals surface area (Å²) in [7, 11) is 0. The van der Waals surface area contributed by atoms with Crippen molar-refractivity contribution in [2.45, 2.75) is 59.7 Å². The van der Waals surface area contributed by atoms with Crippen LogP contribution in [0.2, 0.25) is 0 Å². The third kappa shape index (κ3) is 3.99. The predicted octanol–water partition coefficient (Wildman–Crippen LogP) is 3.83. The van der Waals surface area contributed by atoms with Crippen LogP contribution in [0.1, 0.15) is 53.4 Å². The van der Waals surface area contributed by atoms with E-state index in [1.807, 2.05) is 0 Å². The molecule has 3 nitrogen and oxygen atoms in total. The topological polar surface area (TPSA) is 53.2 Å². The summed E-state index contributed by atoms with van der Waals surface area (Å²) in [5, 5.41) is 19.5. The van der Waals surface area contributed by atoms with Crippen molar-refractivity contribution in [2.24, 2.45) is 41.4 Å². The number of rotatable bonds is 7. The first-order valence-corrected chi connectivity index (χ1v) is 8.61. The van der Waals surface area contributed by atoms with E-state index in [1.165, 1.54) is 6.42 Å². The normalized spacial score (nSPS) is 34.4. The Hall–Kier alpha value is -0.590. The summed E-state index contributed by atoms with van der Waals surface area (Å²) >= 11 is 0. The minimum absolute atomic E-state index is 0.218. The molecular formula is C18H31NO2. The fraction of sp³-hybridized carbons (Fsp3) is 0.944. The fourth-order valence-corrected chi connectivity index (χ4v) is 4.36. The van der Waals surface area contributed by atoms with Gasteiger partial charge in [0.2, 0.25) is 0 Å². The van der Waals surface area contributed by atoms with Crippen LogP contribution in [0.15, 0.2) is 0 Å². The number of nitrogens with zero attached hydrogens (tertiary/aromatic N) is 1. The summed E-state index contributed by atoms with van der Waals surface area (Å²) in [6.07, 6.45) is 3.73. The van der Waals surface area contributed by atoms with Crippen LogP contribution in [0.5, 0.6) is 0 Å². The smallest absolute Gasteiger partial charge is 0.157 e. The predicted molar refractivity (Wildman–Crippen MR) is 83.2 cm³/mol. The van der Waals surface area contributed by atoms with Gasteiger partial charge in [-0.1, -0.05) is 27.7 Å². The molecule has 2 saturated carbocycles. The molecule has 0 saturated heterocycles. The van der Waals surface area contributed by atoms with Crippen LogP contribution in [0.25, 0.3) is 0 Å². The zero-order valence-electron chi connectivity index (χ0n) is 14.0. The summed E-state index contributed by atoms with van der Waals surface area (Å²) < 4.78 is 5.84. The molecule has 0 spiro atoms. The van der Waals surface area contributed by atoms with Gasteiger partial charge in [-0.15, -0.1) is 0 Å². The summed E-state index contributed by atoms with van der Waals surface area (Å²) in [4.78, 5) is 0. The lowest BCUT2D eigenvalue weighted by Gasteiger charge is -2.30. The van der Waals surface area contributed by atoms with Crippen LogP contribution in [0.4, 0.5) is 0 Å². The van der Waals surface area contributed by atoms with E-state index in [9.17, 15) is 5.11 Å². The molecule has 2 bridgehead atoms. The van der Waals surface area contributed by atoms with Crippen molar-refractivity contribution in [3.8, 4) is 6.07 Å². The molecule has 0 heterocycles. The molecule has 0 aliphatic heterocycles. The van der Waals surface area contributed by atoms with E-state index in [0.717, 1.165) is 19.3 Å². The van der Waals surface area contributed by atoms with Crippen LogP contribution < -0.4 is 0 Å². The van der Waals surface area contributed by atoms with Crippen LogP contribution >= 0.6 is 0 Å². The highest BCUT2D eigenvalue weighted by molar-refractivity contribution is 5.02. The molecule has 2 aliphatic carbocycles. The van der Waals surface area contributed by atoms with Gasteiger partial charge in [0, 0.05) is 11.8 Å². The van der Waals surface area contributed by atoms with Gasteiger partial charge in [-0.3, -0.25) is 0 Å². The van der Waals surface area contributed by atoms with Gasteiger partial charge >= 0.3 is 0 Å². The fourth-order valence-electron chi connectivity index (χ4n) is 4.36. The minimum Gasteiger partial charge on any atom is -0.368 e. The van der Waals surface area contributed by atoms with E-state index < -0.39 is 6.29 Å². The molecule has 0 aromatic carbocycles. The molecule has 0 aromatic rings. The lowest BCUT2D eigenvalue weighted by atomic mass is 9.83. The average Bonchev–Trinajstić information content (AvgIpc) is 3.00. The minimum atomic E-state index is -0.640. The largest absolute Gasteiger partial charge is 0.368 e. The number of aliphatic hydroxyl groups is 1. The van der Waals surface area contributed by atoms with Crippen LogP contribution in [-0.2, 0) is 4.74 Å². The molecule has 2 fully saturated rings. The Morgan fingerprint density at radius 3 is 2.33 bits per heavy atom. The second-order valence-corrected chi connectivity index (χ2v) is 7.98. The molecule has 2 rings (SSSR count). The first-order valence-electron chi connectivity index (χ1n) is 8.61. The highest BCUT2D eigenvalue weighted by Gasteiger charge is 2.46. The molecule has 6 unspecified atom stereocenters. The van der Waals surface area contributed by atoms with Crippen molar-refractivity contribution < 1.29 is 9.84 Å². The Morgan fingerprint density at radius 2 is 1.86 bits per heavy atom. The van der Waals surface area contributed by atoms with E-state index in [1.54, 1.807) is 0 Å².